The van der Waals surface area contributed by atoms with Gasteiger partial charge in [0.05, 0.1) is 16.9 Å². The topological polar surface area (TPSA) is 63.8 Å². The molecule has 0 bridgehead atoms. The molecule has 4 nitrogen and oxygen atoms in total. The molecule has 2 aromatic heterocycles. The Balaban J connectivity index is 2.01. The highest BCUT2D eigenvalue weighted by atomic mass is 32.1. The first-order chi connectivity index (χ1) is 9.58. The first-order valence-corrected chi connectivity index (χ1v) is 7.26. The minimum absolute atomic E-state index is 0.261. The summed E-state index contributed by atoms with van der Waals surface area (Å²) in [7, 11) is 0. The number of hydrogen-bond donors (Lipinski definition) is 2. The average Bonchev–Trinajstić information content (AvgIpc) is 2.97. The second-order valence-electron chi connectivity index (χ2n) is 5.21. The Bertz CT molecular complexity index is 735. The Morgan fingerprint density at radius 2 is 2.05 bits per heavy atom. The van der Waals surface area contributed by atoms with Crippen molar-refractivity contribution in [1.29, 1.82) is 0 Å². The van der Waals surface area contributed by atoms with Gasteiger partial charge in [0.2, 0.25) is 0 Å². The molecule has 0 aliphatic rings. The maximum Gasteiger partial charge on any atom is 0.117 e. The van der Waals surface area contributed by atoms with Crippen LogP contribution < -0.4 is 11.1 Å². The highest BCUT2D eigenvalue weighted by molar-refractivity contribution is 7.09. The molecule has 0 atom stereocenters. The first-order valence-electron chi connectivity index (χ1n) is 6.38. The van der Waals surface area contributed by atoms with Crippen LogP contribution in [0.25, 0.3) is 10.8 Å². The van der Waals surface area contributed by atoms with Crippen molar-refractivity contribution in [3.8, 4) is 0 Å². The van der Waals surface area contributed by atoms with Crippen molar-refractivity contribution in [2.45, 2.75) is 19.4 Å². The fraction of sp³-hybridized carbons (Fsp3) is 0.200. The van der Waals surface area contributed by atoms with Crippen molar-refractivity contribution in [3.05, 3.63) is 47.2 Å². The molecule has 0 amide bonds. The van der Waals surface area contributed by atoms with E-state index in [1.807, 2.05) is 36.0 Å². The van der Waals surface area contributed by atoms with E-state index in [9.17, 15) is 0 Å². The number of pyridine rings is 1. The van der Waals surface area contributed by atoms with Gasteiger partial charge in [-0.1, -0.05) is 6.07 Å². The Kier molecular flexibility index (Phi) is 3.06. The predicted octanol–water partition coefficient (Wildman–Crippen LogP) is 3.62. The molecule has 0 fully saturated rings. The summed E-state index contributed by atoms with van der Waals surface area (Å²) in [5.74, 6) is 0. The van der Waals surface area contributed by atoms with E-state index in [1.165, 1.54) is 0 Å². The summed E-state index contributed by atoms with van der Waals surface area (Å²) in [5, 5.41) is 8.56. The molecule has 0 saturated heterocycles. The van der Waals surface area contributed by atoms with Crippen molar-refractivity contribution in [1.82, 2.24) is 9.97 Å². The van der Waals surface area contributed by atoms with Crippen molar-refractivity contribution < 1.29 is 0 Å². The van der Waals surface area contributed by atoms with E-state index in [4.69, 9.17) is 5.73 Å². The van der Waals surface area contributed by atoms with Crippen LogP contribution in [0.15, 0.2) is 42.2 Å². The number of rotatable bonds is 3. The van der Waals surface area contributed by atoms with Gasteiger partial charge in [0.1, 0.15) is 5.01 Å². The standard InChI is InChI=1S/C15H16N4S/c1-15(2,14-18-7-8-20-14)19-12-4-3-10-9-17-6-5-11(10)13(12)16/h3-9,19H,16H2,1-2H3. The zero-order valence-electron chi connectivity index (χ0n) is 11.4. The predicted molar refractivity (Wildman–Crippen MR) is 84.9 cm³/mol. The summed E-state index contributed by atoms with van der Waals surface area (Å²) in [6.07, 6.45) is 5.40. The summed E-state index contributed by atoms with van der Waals surface area (Å²) < 4.78 is 0. The summed E-state index contributed by atoms with van der Waals surface area (Å²) in [4.78, 5) is 8.50. The SMILES string of the molecule is CC(C)(Nc1ccc2cnccc2c1N)c1nccs1. The zero-order chi connectivity index (χ0) is 14.2. The summed E-state index contributed by atoms with van der Waals surface area (Å²) in [6, 6.07) is 5.96. The molecule has 5 heteroatoms. The Hall–Kier alpha value is -2.14. The second kappa shape index (κ2) is 4.76. The largest absolute Gasteiger partial charge is 0.397 e. The van der Waals surface area contributed by atoms with E-state index in [0.717, 1.165) is 27.2 Å². The van der Waals surface area contributed by atoms with Gasteiger partial charge in [-0.25, -0.2) is 4.98 Å². The number of fused-ring (bicyclic) bond motifs is 1. The van der Waals surface area contributed by atoms with Crippen LogP contribution in [0.4, 0.5) is 11.4 Å². The van der Waals surface area contributed by atoms with Gasteiger partial charge in [0.25, 0.3) is 0 Å². The van der Waals surface area contributed by atoms with Crippen LogP contribution in [0, 0.1) is 0 Å². The molecular formula is C15H16N4S. The first kappa shape index (κ1) is 12.9. The molecule has 102 valence electrons. The lowest BCUT2D eigenvalue weighted by Gasteiger charge is -2.26. The quantitative estimate of drug-likeness (QED) is 0.721. The van der Waals surface area contributed by atoms with Crippen LogP contribution in [0.1, 0.15) is 18.9 Å². The number of benzene rings is 1. The van der Waals surface area contributed by atoms with E-state index < -0.39 is 0 Å². The van der Waals surface area contributed by atoms with Crippen LogP contribution in [0.2, 0.25) is 0 Å². The van der Waals surface area contributed by atoms with Crippen LogP contribution in [0.3, 0.4) is 0 Å². The lowest BCUT2D eigenvalue weighted by Crippen LogP contribution is -2.28. The molecule has 0 saturated carbocycles. The lowest BCUT2D eigenvalue weighted by atomic mass is 10.0. The highest BCUT2D eigenvalue weighted by Crippen LogP contribution is 2.33. The average molecular weight is 284 g/mol. The molecule has 0 aliphatic carbocycles. The number of thiazole rings is 1. The summed E-state index contributed by atoms with van der Waals surface area (Å²) >= 11 is 1.63. The minimum atomic E-state index is -0.261. The fourth-order valence-corrected chi connectivity index (χ4v) is 2.94. The van der Waals surface area contributed by atoms with E-state index in [2.05, 4.69) is 29.1 Å². The normalized spacial score (nSPS) is 11.7. The van der Waals surface area contributed by atoms with Crippen LogP contribution >= 0.6 is 11.3 Å². The molecule has 3 rings (SSSR count). The molecule has 2 heterocycles. The lowest BCUT2D eigenvalue weighted by molar-refractivity contribution is 0.605. The minimum Gasteiger partial charge on any atom is -0.397 e. The molecule has 0 aliphatic heterocycles. The fourth-order valence-electron chi connectivity index (χ4n) is 2.22. The van der Waals surface area contributed by atoms with Crippen molar-refractivity contribution >= 4 is 33.5 Å². The Labute approximate surface area is 121 Å². The van der Waals surface area contributed by atoms with Gasteiger partial charge < -0.3 is 11.1 Å². The zero-order valence-corrected chi connectivity index (χ0v) is 12.2. The third kappa shape index (κ3) is 2.20. The molecule has 3 aromatic rings. The van der Waals surface area contributed by atoms with Gasteiger partial charge in [0.15, 0.2) is 0 Å². The Morgan fingerprint density at radius 1 is 1.20 bits per heavy atom. The van der Waals surface area contributed by atoms with E-state index >= 15 is 0 Å². The molecule has 0 radical (unpaired) electrons. The molecular weight excluding hydrogens is 268 g/mol. The van der Waals surface area contributed by atoms with Gasteiger partial charge in [-0.2, -0.15) is 0 Å². The number of anilines is 2. The number of nitrogens with one attached hydrogen (secondary N) is 1. The maximum atomic E-state index is 6.27. The van der Waals surface area contributed by atoms with Gasteiger partial charge in [-0.3, -0.25) is 4.98 Å². The van der Waals surface area contributed by atoms with Crippen molar-refractivity contribution in [3.63, 3.8) is 0 Å². The van der Waals surface area contributed by atoms with Crippen molar-refractivity contribution in [2.75, 3.05) is 11.1 Å². The molecule has 0 unspecified atom stereocenters. The Morgan fingerprint density at radius 3 is 2.80 bits per heavy atom. The highest BCUT2D eigenvalue weighted by Gasteiger charge is 2.24. The van der Waals surface area contributed by atoms with E-state index in [0.29, 0.717) is 0 Å². The number of hydrogen-bond acceptors (Lipinski definition) is 5. The number of aromatic nitrogens is 2. The number of nitrogens with zero attached hydrogens (tertiary/aromatic N) is 2. The smallest absolute Gasteiger partial charge is 0.117 e. The molecule has 1 aromatic carbocycles. The molecule has 0 spiro atoms. The third-order valence-electron chi connectivity index (χ3n) is 3.28. The summed E-state index contributed by atoms with van der Waals surface area (Å²) in [6.45, 7) is 4.20. The van der Waals surface area contributed by atoms with Gasteiger partial charge >= 0.3 is 0 Å². The van der Waals surface area contributed by atoms with Gasteiger partial charge in [0, 0.05) is 34.7 Å². The van der Waals surface area contributed by atoms with Crippen molar-refractivity contribution in [2.24, 2.45) is 0 Å². The van der Waals surface area contributed by atoms with Crippen LogP contribution in [-0.2, 0) is 5.54 Å². The van der Waals surface area contributed by atoms with Gasteiger partial charge in [-0.05, 0) is 26.0 Å². The van der Waals surface area contributed by atoms with E-state index in [-0.39, 0.29) is 5.54 Å². The van der Waals surface area contributed by atoms with E-state index in [1.54, 1.807) is 17.5 Å². The van der Waals surface area contributed by atoms with Crippen LogP contribution in [0.5, 0.6) is 0 Å². The van der Waals surface area contributed by atoms with Gasteiger partial charge in [-0.15, -0.1) is 11.3 Å². The number of nitrogen functional groups attached to an aromatic ring is 1. The number of nitrogens with two attached hydrogens (primary N) is 1. The monoisotopic (exact) mass is 284 g/mol. The second-order valence-corrected chi connectivity index (χ2v) is 6.11. The third-order valence-corrected chi connectivity index (χ3v) is 4.37. The van der Waals surface area contributed by atoms with Crippen LogP contribution in [-0.4, -0.2) is 9.97 Å². The summed E-state index contributed by atoms with van der Waals surface area (Å²) in [5.41, 5.74) is 7.68. The maximum absolute atomic E-state index is 6.27. The molecule has 3 N–H and O–H groups in total. The molecule has 20 heavy (non-hydrogen) atoms.